The van der Waals surface area contributed by atoms with Gasteiger partial charge in [-0.3, -0.25) is 4.79 Å². The highest BCUT2D eigenvalue weighted by molar-refractivity contribution is 5.96. The highest BCUT2D eigenvalue weighted by atomic mass is 16.5. The second-order valence-corrected chi connectivity index (χ2v) is 6.40. The van der Waals surface area contributed by atoms with Crippen molar-refractivity contribution in [3.05, 3.63) is 52.1 Å². The lowest BCUT2D eigenvalue weighted by molar-refractivity contribution is 0.0939. The first-order chi connectivity index (χ1) is 12.3. The summed E-state index contributed by atoms with van der Waals surface area (Å²) >= 11 is 0. The summed E-state index contributed by atoms with van der Waals surface area (Å²) in [6, 6.07) is 7.45. The minimum Gasteiger partial charge on any atom is -0.493 e. The van der Waals surface area contributed by atoms with E-state index in [4.69, 9.17) is 14.2 Å². The summed E-state index contributed by atoms with van der Waals surface area (Å²) in [5.41, 5.74) is 5.17. The third-order valence-corrected chi connectivity index (χ3v) is 4.62. The first-order valence-corrected chi connectivity index (χ1v) is 8.51. The van der Waals surface area contributed by atoms with Crippen LogP contribution >= 0.6 is 0 Å². The lowest BCUT2D eigenvalue weighted by Gasteiger charge is -2.19. The number of hydrogen-bond donors (Lipinski definition) is 1. The molecule has 0 aliphatic rings. The van der Waals surface area contributed by atoms with Gasteiger partial charge in [-0.15, -0.1) is 0 Å². The van der Waals surface area contributed by atoms with Gasteiger partial charge in [-0.2, -0.15) is 0 Å². The zero-order chi connectivity index (χ0) is 19.4. The number of amides is 1. The highest BCUT2D eigenvalue weighted by Crippen LogP contribution is 2.38. The van der Waals surface area contributed by atoms with Gasteiger partial charge in [0.25, 0.3) is 5.91 Å². The number of aryl methyl sites for hydroxylation is 3. The molecule has 0 fully saturated rings. The van der Waals surface area contributed by atoms with E-state index in [1.54, 1.807) is 12.1 Å². The average molecular weight is 357 g/mol. The third kappa shape index (κ3) is 3.93. The van der Waals surface area contributed by atoms with Crippen molar-refractivity contribution in [2.45, 2.75) is 33.7 Å². The van der Waals surface area contributed by atoms with Crippen LogP contribution < -0.4 is 19.5 Å². The fraction of sp³-hybridized carbons (Fsp3) is 0.381. The van der Waals surface area contributed by atoms with E-state index >= 15 is 0 Å². The smallest absolute Gasteiger partial charge is 0.252 e. The van der Waals surface area contributed by atoms with Gasteiger partial charge in [0.15, 0.2) is 11.5 Å². The number of rotatable bonds is 6. The molecule has 5 heteroatoms. The monoisotopic (exact) mass is 357 g/mol. The van der Waals surface area contributed by atoms with Gasteiger partial charge in [0.05, 0.1) is 27.4 Å². The van der Waals surface area contributed by atoms with Crippen LogP contribution in [0.1, 0.15) is 45.6 Å². The van der Waals surface area contributed by atoms with Crippen molar-refractivity contribution in [3.8, 4) is 17.2 Å². The summed E-state index contributed by atoms with van der Waals surface area (Å²) in [4.78, 5) is 12.8. The molecule has 2 aromatic rings. The summed E-state index contributed by atoms with van der Waals surface area (Å²) in [7, 11) is 4.59. The first-order valence-electron chi connectivity index (χ1n) is 8.51. The molecular weight excluding hydrogens is 330 g/mol. The van der Waals surface area contributed by atoms with Gasteiger partial charge in [-0.1, -0.05) is 12.1 Å². The molecule has 0 saturated heterocycles. The average Bonchev–Trinajstić information content (AvgIpc) is 2.62. The normalized spacial score (nSPS) is 11.7. The molecule has 2 aromatic carbocycles. The van der Waals surface area contributed by atoms with E-state index < -0.39 is 0 Å². The molecular formula is C21H27NO4. The second-order valence-electron chi connectivity index (χ2n) is 6.40. The molecule has 0 aromatic heterocycles. The van der Waals surface area contributed by atoms with Crippen LogP contribution in [0.25, 0.3) is 0 Å². The van der Waals surface area contributed by atoms with Gasteiger partial charge in [0.1, 0.15) is 0 Å². The Morgan fingerprint density at radius 3 is 1.88 bits per heavy atom. The van der Waals surface area contributed by atoms with Crippen molar-refractivity contribution in [2.75, 3.05) is 21.3 Å². The Balaban J connectivity index is 2.31. The topological polar surface area (TPSA) is 56.8 Å². The number of carbonyl (C=O) groups is 1. The molecule has 26 heavy (non-hydrogen) atoms. The summed E-state index contributed by atoms with van der Waals surface area (Å²) in [6.45, 7) is 8.20. The van der Waals surface area contributed by atoms with Crippen LogP contribution in [0.4, 0.5) is 0 Å². The molecule has 0 radical (unpaired) electrons. The fourth-order valence-electron chi connectivity index (χ4n) is 3.02. The molecule has 0 spiro atoms. The Bertz CT molecular complexity index is 789. The molecule has 1 N–H and O–H groups in total. The van der Waals surface area contributed by atoms with Crippen molar-refractivity contribution in [2.24, 2.45) is 0 Å². The summed E-state index contributed by atoms with van der Waals surface area (Å²) in [6.07, 6.45) is 0. The Kier molecular flexibility index (Phi) is 6.14. The fourth-order valence-corrected chi connectivity index (χ4v) is 3.02. The molecule has 0 aliphatic heterocycles. The maximum atomic E-state index is 12.8. The second kappa shape index (κ2) is 8.13. The van der Waals surface area contributed by atoms with Crippen molar-refractivity contribution in [3.63, 3.8) is 0 Å². The van der Waals surface area contributed by atoms with E-state index in [9.17, 15) is 4.79 Å². The maximum absolute atomic E-state index is 12.8. The van der Waals surface area contributed by atoms with Gasteiger partial charge < -0.3 is 19.5 Å². The van der Waals surface area contributed by atoms with Gasteiger partial charge in [0.2, 0.25) is 5.75 Å². The largest absolute Gasteiger partial charge is 0.493 e. The maximum Gasteiger partial charge on any atom is 0.252 e. The van der Waals surface area contributed by atoms with Crippen LogP contribution in [0.3, 0.4) is 0 Å². The first kappa shape index (κ1) is 19.6. The van der Waals surface area contributed by atoms with Crippen LogP contribution in [0, 0.1) is 20.8 Å². The zero-order valence-corrected chi connectivity index (χ0v) is 16.5. The Morgan fingerprint density at radius 1 is 0.846 bits per heavy atom. The van der Waals surface area contributed by atoms with Crippen LogP contribution in [0.2, 0.25) is 0 Å². The number of methoxy groups -OCH3 is 3. The molecule has 5 nitrogen and oxygen atoms in total. The predicted molar refractivity (Wildman–Crippen MR) is 103 cm³/mol. The van der Waals surface area contributed by atoms with E-state index in [0.29, 0.717) is 22.8 Å². The molecule has 1 unspecified atom stereocenters. The van der Waals surface area contributed by atoms with Crippen LogP contribution in [0.15, 0.2) is 24.3 Å². The van der Waals surface area contributed by atoms with E-state index in [0.717, 1.165) is 11.1 Å². The van der Waals surface area contributed by atoms with E-state index in [1.807, 2.05) is 6.92 Å². The van der Waals surface area contributed by atoms with Gasteiger partial charge in [-0.25, -0.2) is 0 Å². The van der Waals surface area contributed by atoms with E-state index in [1.165, 1.54) is 32.5 Å². The van der Waals surface area contributed by atoms with Gasteiger partial charge in [0, 0.05) is 5.56 Å². The van der Waals surface area contributed by atoms with Gasteiger partial charge in [-0.05, 0) is 62.1 Å². The molecule has 140 valence electrons. The Labute approximate surface area is 155 Å². The standard InChI is InChI=1S/C21H27NO4/c1-12-8-14(3)17(9-13(12)2)15(4)22-21(23)16-10-18(24-5)20(26-7)19(11-16)25-6/h8-11,15H,1-7H3,(H,22,23). The molecule has 0 aliphatic carbocycles. The van der Waals surface area contributed by atoms with E-state index in [-0.39, 0.29) is 11.9 Å². The Hall–Kier alpha value is -2.69. The molecule has 2 rings (SSSR count). The Morgan fingerprint density at radius 2 is 1.38 bits per heavy atom. The summed E-state index contributed by atoms with van der Waals surface area (Å²) < 4.78 is 15.9. The lowest BCUT2D eigenvalue weighted by atomic mass is 9.96. The minimum atomic E-state index is -0.200. The van der Waals surface area contributed by atoms with Crippen molar-refractivity contribution in [1.29, 1.82) is 0 Å². The van der Waals surface area contributed by atoms with Crippen molar-refractivity contribution < 1.29 is 19.0 Å². The number of ether oxygens (including phenoxy) is 3. The van der Waals surface area contributed by atoms with Crippen molar-refractivity contribution >= 4 is 5.91 Å². The predicted octanol–water partition coefficient (Wildman–Crippen LogP) is 4.13. The lowest BCUT2D eigenvalue weighted by Crippen LogP contribution is -2.27. The van der Waals surface area contributed by atoms with Gasteiger partial charge >= 0.3 is 0 Å². The number of nitrogens with one attached hydrogen (secondary N) is 1. The molecule has 1 atom stereocenters. The molecule has 0 heterocycles. The number of carbonyl (C=O) groups excluding carboxylic acids is 1. The van der Waals surface area contributed by atoms with Crippen molar-refractivity contribution in [1.82, 2.24) is 5.32 Å². The third-order valence-electron chi connectivity index (χ3n) is 4.62. The summed E-state index contributed by atoms with van der Waals surface area (Å²) in [5.74, 6) is 1.16. The number of hydrogen-bond acceptors (Lipinski definition) is 4. The van der Waals surface area contributed by atoms with Crippen LogP contribution in [0.5, 0.6) is 17.2 Å². The quantitative estimate of drug-likeness (QED) is 0.845. The van der Waals surface area contributed by atoms with E-state index in [2.05, 4.69) is 38.2 Å². The summed E-state index contributed by atoms with van der Waals surface area (Å²) in [5, 5.41) is 3.05. The zero-order valence-electron chi connectivity index (χ0n) is 16.5. The molecule has 0 saturated carbocycles. The molecule has 0 bridgehead atoms. The molecule has 1 amide bonds. The highest BCUT2D eigenvalue weighted by Gasteiger charge is 2.19. The van der Waals surface area contributed by atoms with Crippen LogP contribution in [-0.4, -0.2) is 27.2 Å². The SMILES string of the molecule is COc1cc(C(=O)NC(C)c2cc(C)c(C)cc2C)cc(OC)c1OC. The van der Waals surface area contributed by atoms with Crippen LogP contribution in [-0.2, 0) is 0 Å². The number of benzene rings is 2. The minimum absolute atomic E-state index is 0.124.